The molecule has 126 valence electrons. The molecule has 2 N–H and O–H groups in total. The van der Waals surface area contributed by atoms with E-state index in [2.05, 4.69) is 15.6 Å². The van der Waals surface area contributed by atoms with Crippen molar-refractivity contribution in [3.05, 3.63) is 40.9 Å². The minimum atomic E-state index is -4.39. The molecule has 1 aliphatic rings. The fourth-order valence-corrected chi connectivity index (χ4v) is 3.08. The molecular formula is C15H12F3N3O2S. The summed E-state index contributed by atoms with van der Waals surface area (Å²) < 4.78 is 37.7. The average molecular weight is 355 g/mol. The molecule has 0 bridgehead atoms. The SMILES string of the molecule is O=C(NC1CCNC1=O)c1csc(-c2ccc(C(F)(F)F)cc2)n1. The third kappa shape index (κ3) is 3.40. The van der Waals surface area contributed by atoms with E-state index in [4.69, 9.17) is 0 Å². The first-order chi connectivity index (χ1) is 11.3. The summed E-state index contributed by atoms with van der Waals surface area (Å²) in [7, 11) is 0. The highest BCUT2D eigenvalue weighted by molar-refractivity contribution is 7.13. The highest BCUT2D eigenvalue weighted by Gasteiger charge is 2.30. The van der Waals surface area contributed by atoms with Gasteiger partial charge in [-0.05, 0) is 18.6 Å². The van der Waals surface area contributed by atoms with E-state index in [0.29, 0.717) is 23.5 Å². The number of hydrogen-bond acceptors (Lipinski definition) is 4. The molecule has 0 spiro atoms. The van der Waals surface area contributed by atoms with Crippen molar-refractivity contribution >= 4 is 23.2 Å². The second-order valence-corrected chi connectivity index (χ2v) is 6.08. The molecule has 24 heavy (non-hydrogen) atoms. The third-order valence-electron chi connectivity index (χ3n) is 3.55. The highest BCUT2D eigenvalue weighted by atomic mass is 32.1. The van der Waals surface area contributed by atoms with E-state index in [-0.39, 0.29) is 11.6 Å². The molecule has 1 aliphatic heterocycles. The van der Waals surface area contributed by atoms with Gasteiger partial charge in [0.05, 0.1) is 5.56 Å². The molecule has 0 saturated carbocycles. The number of carbonyl (C=O) groups excluding carboxylic acids is 2. The predicted molar refractivity (Wildman–Crippen MR) is 81.4 cm³/mol. The molecular weight excluding hydrogens is 343 g/mol. The maximum absolute atomic E-state index is 12.6. The monoisotopic (exact) mass is 355 g/mol. The molecule has 2 aromatic rings. The Morgan fingerprint density at radius 1 is 1.29 bits per heavy atom. The van der Waals surface area contributed by atoms with Crippen LogP contribution in [0.2, 0.25) is 0 Å². The summed E-state index contributed by atoms with van der Waals surface area (Å²) in [4.78, 5) is 27.7. The van der Waals surface area contributed by atoms with Crippen molar-refractivity contribution in [1.29, 1.82) is 0 Å². The van der Waals surface area contributed by atoms with E-state index in [1.807, 2.05) is 0 Å². The van der Waals surface area contributed by atoms with Gasteiger partial charge in [0.2, 0.25) is 5.91 Å². The van der Waals surface area contributed by atoms with Gasteiger partial charge in [0.15, 0.2) is 0 Å². The van der Waals surface area contributed by atoms with Gasteiger partial charge in [-0.25, -0.2) is 4.98 Å². The van der Waals surface area contributed by atoms with Crippen molar-refractivity contribution < 1.29 is 22.8 Å². The highest BCUT2D eigenvalue weighted by Crippen LogP contribution is 2.31. The molecule has 1 unspecified atom stereocenters. The van der Waals surface area contributed by atoms with Crippen LogP contribution in [-0.4, -0.2) is 29.4 Å². The summed E-state index contributed by atoms with van der Waals surface area (Å²) in [6, 6.07) is 3.99. The largest absolute Gasteiger partial charge is 0.416 e. The molecule has 2 heterocycles. The van der Waals surface area contributed by atoms with E-state index < -0.39 is 23.7 Å². The van der Waals surface area contributed by atoms with Crippen LogP contribution in [0.4, 0.5) is 13.2 Å². The first-order valence-electron chi connectivity index (χ1n) is 7.06. The lowest BCUT2D eigenvalue weighted by molar-refractivity contribution is -0.137. The van der Waals surface area contributed by atoms with Gasteiger partial charge in [-0.3, -0.25) is 9.59 Å². The van der Waals surface area contributed by atoms with Crippen LogP contribution in [-0.2, 0) is 11.0 Å². The van der Waals surface area contributed by atoms with Crippen molar-refractivity contribution in [3.8, 4) is 10.6 Å². The topological polar surface area (TPSA) is 71.1 Å². The Bertz CT molecular complexity index is 771. The number of carbonyl (C=O) groups is 2. The van der Waals surface area contributed by atoms with Gasteiger partial charge in [-0.1, -0.05) is 12.1 Å². The molecule has 9 heteroatoms. The number of amides is 2. The maximum Gasteiger partial charge on any atom is 0.416 e. The van der Waals surface area contributed by atoms with E-state index in [0.717, 1.165) is 23.5 Å². The van der Waals surface area contributed by atoms with Crippen LogP contribution in [0.5, 0.6) is 0 Å². The molecule has 0 aliphatic carbocycles. The number of halogens is 3. The number of benzene rings is 1. The Morgan fingerprint density at radius 2 is 2.00 bits per heavy atom. The number of alkyl halides is 3. The number of nitrogens with zero attached hydrogens (tertiary/aromatic N) is 1. The zero-order valence-corrected chi connectivity index (χ0v) is 13.0. The van der Waals surface area contributed by atoms with Crippen LogP contribution in [0.1, 0.15) is 22.5 Å². The van der Waals surface area contributed by atoms with Gasteiger partial charge < -0.3 is 10.6 Å². The Kier molecular flexibility index (Phi) is 4.27. The fraction of sp³-hybridized carbons (Fsp3) is 0.267. The van der Waals surface area contributed by atoms with Crippen molar-refractivity contribution in [1.82, 2.24) is 15.6 Å². The predicted octanol–water partition coefficient (Wildman–Crippen LogP) is 2.45. The number of aromatic nitrogens is 1. The van der Waals surface area contributed by atoms with Crippen LogP contribution in [0.25, 0.3) is 10.6 Å². The van der Waals surface area contributed by atoms with Crippen LogP contribution in [0, 0.1) is 0 Å². The van der Waals surface area contributed by atoms with Crippen LogP contribution >= 0.6 is 11.3 Å². The molecule has 2 amide bonds. The third-order valence-corrected chi connectivity index (χ3v) is 4.44. The van der Waals surface area contributed by atoms with Crippen molar-refractivity contribution in [2.45, 2.75) is 18.6 Å². The minimum absolute atomic E-state index is 0.134. The van der Waals surface area contributed by atoms with E-state index >= 15 is 0 Å². The lowest BCUT2D eigenvalue weighted by Gasteiger charge is -2.08. The number of rotatable bonds is 3. The summed E-state index contributed by atoms with van der Waals surface area (Å²) in [6.07, 6.45) is -3.88. The lowest BCUT2D eigenvalue weighted by atomic mass is 10.1. The Labute approximate surface area is 138 Å². The molecule has 1 fully saturated rings. The van der Waals surface area contributed by atoms with Crippen LogP contribution in [0.3, 0.4) is 0 Å². The number of nitrogens with one attached hydrogen (secondary N) is 2. The van der Waals surface area contributed by atoms with Crippen LogP contribution in [0.15, 0.2) is 29.6 Å². The Hall–Kier alpha value is -2.42. The van der Waals surface area contributed by atoms with E-state index in [1.54, 1.807) is 0 Å². The van der Waals surface area contributed by atoms with E-state index in [9.17, 15) is 22.8 Å². The molecule has 1 aromatic carbocycles. The standard InChI is InChI=1S/C15H12F3N3O2S/c16-15(17,18)9-3-1-8(2-4-9)14-21-11(7-24-14)13(23)20-10-5-6-19-12(10)22/h1-4,7,10H,5-6H2,(H,19,22)(H,20,23). The first kappa shape index (κ1) is 16.4. The molecule has 1 aromatic heterocycles. The second kappa shape index (κ2) is 6.23. The molecule has 1 saturated heterocycles. The van der Waals surface area contributed by atoms with Gasteiger partial charge in [0.1, 0.15) is 16.7 Å². The zero-order valence-electron chi connectivity index (χ0n) is 12.2. The van der Waals surface area contributed by atoms with Gasteiger partial charge in [0, 0.05) is 17.5 Å². The number of hydrogen-bond donors (Lipinski definition) is 2. The smallest absolute Gasteiger partial charge is 0.354 e. The molecule has 1 atom stereocenters. The van der Waals surface area contributed by atoms with Crippen molar-refractivity contribution in [2.24, 2.45) is 0 Å². The fourth-order valence-electron chi connectivity index (χ4n) is 2.28. The first-order valence-corrected chi connectivity index (χ1v) is 7.94. The van der Waals surface area contributed by atoms with Crippen molar-refractivity contribution in [2.75, 3.05) is 6.54 Å². The van der Waals surface area contributed by atoms with Gasteiger partial charge in [-0.2, -0.15) is 13.2 Å². The number of thiazole rings is 1. The summed E-state index contributed by atoms with van der Waals surface area (Å²) in [5, 5.41) is 7.14. The van der Waals surface area contributed by atoms with Gasteiger partial charge in [0.25, 0.3) is 5.91 Å². The Morgan fingerprint density at radius 3 is 2.58 bits per heavy atom. The minimum Gasteiger partial charge on any atom is -0.354 e. The summed E-state index contributed by atoms with van der Waals surface area (Å²) in [5.41, 5.74) is -0.117. The van der Waals surface area contributed by atoms with Crippen molar-refractivity contribution in [3.63, 3.8) is 0 Å². The van der Waals surface area contributed by atoms with Gasteiger partial charge >= 0.3 is 6.18 Å². The Balaban J connectivity index is 1.73. The molecule has 5 nitrogen and oxygen atoms in total. The van der Waals surface area contributed by atoms with Gasteiger partial charge in [-0.15, -0.1) is 11.3 Å². The maximum atomic E-state index is 12.6. The normalized spacial score (nSPS) is 17.6. The second-order valence-electron chi connectivity index (χ2n) is 5.22. The quantitative estimate of drug-likeness (QED) is 0.888. The molecule has 0 radical (unpaired) electrons. The molecule has 3 rings (SSSR count). The summed E-state index contributed by atoms with van der Waals surface area (Å²) in [5.74, 6) is -0.715. The average Bonchev–Trinajstić information content (AvgIpc) is 3.16. The summed E-state index contributed by atoms with van der Waals surface area (Å²) >= 11 is 1.15. The van der Waals surface area contributed by atoms with E-state index in [1.165, 1.54) is 17.5 Å². The zero-order chi connectivity index (χ0) is 17.3. The van der Waals surface area contributed by atoms with Crippen LogP contribution < -0.4 is 10.6 Å². The lowest BCUT2D eigenvalue weighted by Crippen LogP contribution is -2.40. The summed E-state index contributed by atoms with van der Waals surface area (Å²) in [6.45, 7) is 0.512.